The van der Waals surface area contributed by atoms with Gasteiger partial charge in [0, 0.05) is 13.6 Å². The predicted octanol–water partition coefficient (Wildman–Crippen LogP) is 2.69. The van der Waals surface area contributed by atoms with Crippen LogP contribution in [0.3, 0.4) is 0 Å². The first-order valence-corrected chi connectivity index (χ1v) is 7.54. The molecule has 0 saturated carbocycles. The standard InChI is InChI=1S/C17H21N5O/c1-11-8-14(9-12(2)17(11)23-5)10-21(4)16-7-6-15-19-18-13(3)22(15)20-16/h6-9H,10H2,1-5H3. The van der Waals surface area contributed by atoms with Crippen LogP contribution in [-0.4, -0.2) is 34.0 Å². The number of aryl methyl sites for hydroxylation is 3. The summed E-state index contributed by atoms with van der Waals surface area (Å²) in [6, 6.07) is 8.21. The van der Waals surface area contributed by atoms with Gasteiger partial charge in [-0.3, -0.25) is 0 Å². The minimum Gasteiger partial charge on any atom is -0.496 e. The van der Waals surface area contributed by atoms with Gasteiger partial charge in [0.05, 0.1) is 7.11 Å². The van der Waals surface area contributed by atoms with Gasteiger partial charge in [-0.25, -0.2) is 0 Å². The lowest BCUT2D eigenvalue weighted by atomic mass is 10.1. The smallest absolute Gasteiger partial charge is 0.178 e. The minimum absolute atomic E-state index is 0.760. The fourth-order valence-electron chi connectivity index (χ4n) is 2.90. The fraction of sp³-hybridized carbons (Fsp3) is 0.353. The van der Waals surface area contributed by atoms with Crippen LogP contribution in [0.4, 0.5) is 5.82 Å². The highest BCUT2D eigenvalue weighted by Crippen LogP contribution is 2.25. The minimum atomic E-state index is 0.760. The van der Waals surface area contributed by atoms with E-state index in [1.54, 1.807) is 11.6 Å². The topological polar surface area (TPSA) is 55.5 Å². The van der Waals surface area contributed by atoms with Gasteiger partial charge >= 0.3 is 0 Å². The summed E-state index contributed by atoms with van der Waals surface area (Å²) in [4.78, 5) is 2.11. The van der Waals surface area contributed by atoms with Crippen molar-refractivity contribution in [3.63, 3.8) is 0 Å². The number of methoxy groups -OCH3 is 1. The van der Waals surface area contributed by atoms with Crippen LogP contribution in [0.1, 0.15) is 22.5 Å². The lowest BCUT2D eigenvalue weighted by Crippen LogP contribution is -2.19. The highest BCUT2D eigenvalue weighted by atomic mass is 16.5. The van der Waals surface area contributed by atoms with Crippen LogP contribution in [0.2, 0.25) is 0 Å². The van der Waals surface area contributed by atoms with Crippen molar-refractivity contribution in [3.05, 3.63) is 46.8 Å². The molecule has 1 aromatic carbocycles. The average Bonchev–Trinajstić information content (AvgIpc) is 2.88. The molecule has 2 heterocycles. The highest BCUT2D eigenvalue weighted by Gasteiger charge is 2.10. The molecule has 0 saturated heterocycles. The Hall–Kier alpha value is -2.63. The van der Waals surface area contributed by atoms with Crippen LogP contribution >= 0.6 is 0 Å². The summed E-state index contributed by atoms with van der Waals surface area (Å²) in [5.74, 6) is 2.62. The molecule has 0 fully saturated rings. The van der Waals surface area contributed by atoms with Gasteiger partial charge in [-0.05, 0) is 49.6 Å². The third kappa shape index (κ3) is 2.84. The van der Waals surface area contributed by atoms with Gasteiger partial charge in [0.2, 0.25) is 0 Å². The van der Waals surface area contributed by atoms with E-state index >= 15 is 0 Å². The molecular weight excluding hydrogens is 290 g/mol. The first kappa shape index (κ1) is 15.3. The SMILES string of the molecule is COc1c(C)cc(CN(C)c2ccc3nnc(C)n3n2)cc1C. The summed E-state index contributed by atoms with van der Waals surface area (Å²) in [6.45, 7) is 6.80. The Balaban J connectivity index is 1.88. The van der Waals surface area contributed by atoms with E-state index in [9.17, 15) is 0 Å². The van der Waals surface area contributed by atoms with Crippen molar-refractivity contribution < 1.29 is 4.74 Å². The Morgan fingerprint density at radius 1 is 1.09 bits per heavy atom. The van der Waals surface area contributed by atoms with E-state index in [0.29, 0.717) is 0 Å². The fourth-order valence-corrected chi connectivity index (χ4v) is 2.90. The van der Waals surface area contributed by atoms with Crippen molar-refractivity contribution in [1.82, 2.24) is 19.8 Å². The van der Waals surface area contributed by atoms with Crippen LogP contribution in [0.25, 0.3) is 5.65 Å². The molecule has 23 heavy (non-hydrogen) atoms. The highest BCUT2D eigenvalue weighted by molar-refractivity contribution is 5.47. The van der Waals surface area contributed by atoms with Crippen molar-refractivity contribution in [2.75, 3.05) is 19.1 Å². The molecule has 120 valence electrons. The third-order valence-electron chi connectivity index (χ3n) is 3.94. The van der Waals surface area contributed by atoms with Gasteiger partial charge in [0.15, 0.2) is 11.5 Å². The molecule has 3 rings (SSSR count). The van der Waals surface area contributed by atoms with Crippen molar-refractivity contribution in [3.8, 4) is 5.75 Å². The maximum Gasteiger partial charge on any atom is 0.178 e. The summed E-state index contributed by atoms with van der Waals surface area (Å²) in [5, 5.41) is 12.7. The van der Waals surface area contributed by atoms with Crippen LogP contribution in [0.15, 0.2) is 24.3 Å². The Morgan fingerprint density at radius 3 is 2.43 bits per heavy atom. The molecule has 0 radical (unpaired) electrons. The van der Waals surface area contributed by atoms with E-state index in [0.717, 1.165) is 40.7 Å². The number of hydrogen-bond donors (Lipinski definition) is 0. The normalized spacial score (nSPS) is 11.0. The molecule has 0 unspecified atom stereocenters. The predicted molar refractivity (Wildman–Crippen MR) is 90.1 cm³/mol. The number of fused-ring (bicyclic) bond motifs is 1. The molecular formula is C17H21N5O. The van der Waals surface area contributed by atoms with Gasteiger partial charge < -0.3 is 9.64 Å². The Kier molecular flexibility index (Phi) is 3.90. The van der Waals surface area contributed by atoms with Gasteiger partial charge in [-0.2, -0.15) is 4.52 Å². The van der Waals surface area contributed by atoms with E-state index in [2.05, 4.69) is 46.2 Å². The van der Waals surface area contributed by atoms with E-state index in [1.165, 1.54) is 5.56 Å². The lowest BCUT2D eigenvalue weighted by Gasteiger charge is -2.19. The van der Waals surface area contributed by atoms with E-state index in [-0.39, 0.29) is 0 Å². The van der Waals surface area contributed by atoms with Gasteiger partial charge in [0.1, 0.15) is 11.6 Å². The monoisotopic (exact) mass is 311 g/mol. The molecule has 6 nitrogen and oxygen atoms in total. The molecule has 3 aromatic rings. The van der Waals surface area contributed by atoms with E-state index < -0.39 is 0 Å². The van der Waals surface area contributed by atoms with Crippen LogP contribution < -0.4 is 9.64 Å². The zero-order valence-corrected chi connectivity index (χ0v) is 14.2. The number of ether oxygens (including phenoxy) is 1. The van der Waals surface area contributed by atoms with Crippen molar-refractivity contribution in [2.45, 2.75) is 27.3 Å². The van der Waals surface area contributed by atoms with Crippen LogP contribution in [0.5, 0.6) is 5.75 Å². The average molecular weight is 311 g/mol. The zero-order valence-electron chi connectivity index (χ0n) is 14.2. The number of aromatic nitrogens is 4. The van der Waals surface area contributed by atoms with Crippen molar-refractivity contribution >= 4 is 11.5 Å². The van der Waals surface area contributed by atoms with Crippen molar-refractivity contribution in [2.24, 2.45) is 0 Å². The number of anilines is 1. The third-order valence-corrected chi connectivity index (χ3v) is 3.94. The molecule has 0 bridgehead atoms. The number of benzene rings is 1. The molecule has 0 atom stereocenters. The molecule has 0 amide bonds. The van der Waals surface area contributed by atoms with Crippen LogP contribution in [0, 0.1) is 20.8 Å². The molecule has 0 aliphatic carbocycles. The summed E-state index contributed by atoms with van der Waals surface area (Å²) < 4.78 is 7.19. The molecule has 2 aromatic heterocycles. The second kappa shape index (κ2) is 5.87. The molecule has 0 aliphatic heterocycles. The molecule has 0 spiro atoms. The zero-order chi connectivity index (χ0) is 16.6. The largest absolute Gasteiger partial charge is 0.496 e. The first-order chi connectivity index (χ1) is 11.0. The maximum atomic E-state index is 5.43. The summed E-state index contributed by atoms with van der Waals surface area (Å²) in [7, 11) is 3.74. The second-order valence-electron chi connectivity index (χ2n) is 5.83. The van der Waals surface area contributed by atoms with Gasteiger partial charge in [0.25, 0.3) is 0 Å². The summed E-state index contributed by atoms with van der Waals surface area (Å²) in [5.41, 5.74) is 4.28. The molecule has 0 aliphatic rings. The first-order valence-electron chi connectivity index (χ1n) is 7.54. The Bertz CT molecular complexity index is 832. The quantitative estimate of drug-likeness (QED) is 0.741. The Morgan fingerprint density at radius 2 is 1.78 bits per heavy atom. The van der Waals surface area contributed by atoms with Gasteiger partial charge in [-0.1, -0.05) is 12.1 Å². The van der Waals surface area contributed by atoms with Crippen LogP contribution in [-0.2, 0) is 6.54 Å². The lowest BCUT2D eigenvalue weighted by molar-refractivity contribution is 0.408. The maximum absolute atomic E-state index is 5.43. The van der Waals surface area contributed by atoms with E-state index in [1.807, 2.05) is 26.1 Å². The number of nitrogens with zero attached hydrogens (tertiary/aromatic N) is 5. The molecule has 6 heteroatoms. The summed E-state index contributed by atoms with van der Waals surface area (Å²) in [6.07, 6.45) is 0. The summed E-state index contributed by atoms with van der Waals surface area (Å²) >= 11 is 0. The van der Waals surface area contributed by atoms with E-state index in [4.69, 9.17) is 4.74 Å². The number of hydrogen-bond acceptors (Lipinski definition) is 5. The second-order valence-corrected chi connectivity index (χ2v) is 5.83. The molecule has 0 N–H and O–H groups in total. The van der Waals surface area contributed by atoms with Crippen molar-refractivity contribution in [1.29, 1.82) is 0 Å². The Labute approximate surface area is 135 Å². The number of rotatable bonds is 4. The van der Waals surface area contributed by atoms with Gasteiger partial charge in [-0.15, -0.1) is 15.3 Å².